The van der Waals surface area contributed by atoms with Gasteiger partial charge in [-0.15, -0.1) is 0 Å². The molecular weight excluding hydrogens is 268 g/mol. The van der Waals surface area contributed by atoms with E-state index in [4.69, 9.17) is 0 Å². The Morgan fingerprint density at radius 2 is 1.90 bits per heavy atom. The Kier molecular flexibility index (Phi) is 3.96. The maximum absolute atomic E-state index is 12.2. The average molecular weight is 286 g/mol. The summed E-state index contributed by atoms with van der Waals surface area (Å²) >= 11 is 0. The number of aromatic nitrogens is 3. The summed E-state index contributed by atoms with van der Waals surface area (Å²) < 4.78 is 1.64. The van der Waals surface area contributed by atoms with Crippen LogP contribution in [0.1, 0.15) is 36.0 Å². The van der Waals surface area contributed by atoms with Crippen LogP contribution in [0.2, 0.25) is 0 Å². The molecule has 1 aromatic heterocycles. The van der Waals surface area contributed by atoms with Crippen LogP contribution >= 0.6 is 0 Å². The predicted molar refractivity (Wildman–Crippen MR) is 77.1 cm³/mol. The Bertz CT molecular complexity index is 587. The molecular formula is C15H18N4O2. The number of aliphatic hydroxyl groups is 1. The summed E-state index contributed by atoms with van der Waals surface area (Å²) in [5.41, 5.74) is 1.50. The van der Waals surface area contributed by atoms with Gasteiger partial charge in [0.2, 0.25) is 0 Å². The Morgan fingerprint density at radius 1 is 1.19 bits per heavy atom. The van der Waals surface area contributed by atoms with E-state index in [9.17, 15) is 9.90 Å². The van der Waals surface area contributed by atoms with Crippen molar-refractivity contribution in [1.29, 1.82) is 0 Å². The minimum Gasteiger partial charge on any atom is -0.393 e. The molecule has 110 valence electrons. The molecule has 1 aromatic carbocycles. The number of rotatable bonds is 3. The van der Waals surface area contributed by atoms with Crippen LogP contribution in [0.5, 0.6) is 0 Å². The number of hydrogen-bond donors (Lipinski definition) is 2. The highest BCUT2D eigenvalue weighted by molar-refractivity contribution is 5.94. The maximum Gasteiger partial charge on any atom is 0.251 e. The quantitative estimate of drug-likeness (QED) is 0.891. The number of carbonyl (C=O) groups excluding carboxylic acids is 1. The zero-order valence-corrected chi connectivity index (χ0v) is 11.6. The number of benzene rings is 1. The van der Waals surface area contributed by atoms with Crippen molar-refractivity contribution in [3.05, 3.63) is 42.5 Å². The second kappa shape index (κ2) is 6.05. The second-order valence-corrected chi connectivity index (χ2v) is 5.37. The van der Waals surface area contributed by atoms with E-state index in [-0.39, 0.29) is 18.1 Å². The number of carbonyl (C=O) groups is 1. The van der Waals surface area contributed by atoms with E-state index in [2.05, 4.69) is 15.4 Å². The van der Waals surface area contributed by atoms with E-state index in [0.29, 0.717) is 5.56 Å². The number of hydrogen-bond acceptors (Lipinski definition) is 4. The van der Waals surface area contributed by atoms with Crippen LogP contribution in [0.15, 0.2) is 36.9 Å². The van der Waals surface area contributed by atoms with E-state index in [1.165, 1.54) is 6.33 Å². The van der Waals surface area contributed by atoms with Crippen molar-refractivity contribution in [3.8, 4) is 5.69 Å². The van der Waals surface area contributed by atoms with Crippen LogP contribution in [0.25, 0.3) is 5.69 Å². The van der Waals surface area contributed by atoms with Gasteiger partial charge in [0.25, 0.3) is 5.91 Å². The molecule has 6 heteroatoms. The van der Waals surface area contributed by atoms with E-state index < -0.39 is 0 Å². The van der Waals surface area contributed by atoms with Crippen molar-refractivity contribution in [1.82, 2.24) is 20.1 Å². The Hall–Kier alpha value is -2.21. The summed E-state index contributed by atoms with van der Waals surface area (Å²) in [4.78, 5) is 16.1. The number of nitrogens with zero attached hydrogens (tertiary/aromatic N) is 3. The zero-order valence-electron chi connectivity index (χ0n) is 11.6. The lowest BCUT2D eigenvalue weighted by atomic mass is 9.93. The third-order valence-electron chi connectivity index (χ3n) is 3.84. The summed E-state index contributed by atoms with van der Waals surface area (Å²) in [6.45, 7) is 0. The van der Waals surface area contributed by atoms with Gasteiger partial charge in [0.1, 0.15) is 12.7 Å². The van der Waals surface area contributed by atoms with Crippen LogP contribution in [0, 0.1) is 0 Å². The maximum atomic E-state index is 12.2. The Morgan fingerprint density at radius 3 is 2.52 bits per heavy atom. The number of nitrogens with one attached hydrogen (secondary N) is 1. The lowest BCUT2D eigenvalue weighted by Gasteiger charge is -2.26. The normalized spacial score (nSPS) is 22.0. The van der Waals surface area contributed by atoms with Crippen molar-refractivity contribution >= 4 is 5.91 Å². The minimum atomic E-state index is -0.208. The van der Waals surface area contributed by atoms with Gasteiger partial charge in [-0.2, -0.15) is 5.10 Å². The molecule has 1 aliphatic rings. The molecule has 0 unspecified atom stereocenters. The summed E-state index contributed by atoms with van der Waals surface area (Å²) in [6.07, 6.45) is 6.07. The molecule has 3 rings (SSSR count). The molecule has 2 aromatic rings. The third kappa shape index (κ3) is 3.28. The highest BCUT2D eigenvalue weighted by Crippen LogP contribution is 2.19. The first kappa shape index (κ1) is 13.8. The van der Waals surface area contributed by atoms with E-state index in [1.54, 1.807) is 23.1 Å². The second-order valence-electron chi connectivity index (χ2n) is 5.37. The fourth-order valence-corrected chi connectivity index (χ4v) is 2.60. The average Bonchev–Trinajstić information content (AvgIpc) is 3.04. The third-order valence-corrected chi connectivity index (χ3v) is 3.84. The van der Waals surface area contributed by atoms with E-state index in [0.717, 1.165) is 31.4 Å². The van der Waals surface area contributed by atoms with Crippen molar-refractivity contribution < 1.29 is 9.90 Å². The zero-order chi connectivity index (χ0) is 14.7. The standard InChI is InChI=1S/C15H18N4O2/c20-14-7-3-12(4-8-14)18-15(21)11-1-5-13(6-2-11)19-10-16-9-17-19/h1-2,5-6,9-10,12,14,20H,3-4,7-8H2,(H,18,21). The summed E-state index contributed by atoms with van der Waals surface area (Å²) in [6, 6.07) is 7.41. The minimum absolute atomic E-state index is 0.0680. The van der Waals surface area contributed by atoms with Crippen LogP contribution in [-0.2, 0) is 0 Å². The fraction of sp³-hybridized carbons (Fsp3) is 0.400. The van der Waals surface area contributed by atoms with Gasteiger partial charge in [-0.1, -0.05) is 0 Å². The van der Waals surface area contributed by atoms with Crippen LogP contribution in [-0.4, -0.2) is 37.9 Å². The molecule has 1 amide bonds. The smallest absolute Gasteiger partial charge is 0.251 e. The summed E-state index contributed by atoms with van der Waals surface area (Å²) in [7, 11) is 0. The van der Waals surface area contributed by atoms with Gasteiger partial charge in [0, 0.05) is 11.6 Å². The van der Waals surface area contributed by atoms with E-state index >= 15 is 0 Å². The van der Waals surface area contributed by atoms with Gasteiger partial charge >= 0.3 is 0 Å². The molecule has 0 aliphatic heterocycles. The van der Waals surface area contributed by atoms with Crippen LogP contribution in [0.3, 0.4) is 0 Å². The SMILES string of the molecule is O=C(NC1CCC(O)CC1)c1ccc(-n2cncn2)cc1. The molecule has 0 radical (unpaired) electrons. The van der Waals surface area contributed by atoms with Gasteiger partial charge in [-0.25, -0.2) is 9.67 Å². The monoisotopic (exact) mass is 286 g/mol. The van der Waals surface area contributed by atoms with Crippen LogP contribution in [0.4, 0.5) is 0 Å². The van der Waals surface area contributed by atoms with Crippen molar-refractivity contribution in [2.24, 2.45) is 0 Å². The van der Waals surface area contributed by atoms with Gasteiger partial charge in [-0.05, 0) is 49.9 Å². The lowest BCUT2D eigenvalue weighted by Crippen LogP contribution is -2.38. The molecule has 21 heavy (non-hydrogen) atoms. The highest BCUT2D eigenvalue weighted by atomic mass is 16.3. The van der Waals surface area contributed by atoms with Crippen molar-refractivity contribution in [2.75, 3.05) is 0 Å². The lowest BCUT2D eigenvalue weighted by molar-refractivity contribution is 0.0867. The molecule has 0 saturated heterocycles. The predicted octanol–water partition coefficient (Wildman–Crippen LogP) is 1.30. The first-order valence-corrected chi connectivity index (χ1v) is 7.16. The number of amides is 1. The molecule has 1 saturated carbocycles. The van der Waals surface area contributed by atoms with Gasteiger partial charge in [0.15, 0.2) is 0 Å². The highest BCUT2D eigenvalue weighted by Gasteiger charge is 2.21. The Labute approximate surface area is 122 Å². The fourth-order valence-electron chi connectivity index (χ4n) is 2.60. The van der Waals surface area contributed by atoms with Crippen molar-refractivity contribution in [2.45, 2.75) is 37.8 Å². The van der Waals surface area contributed by atoms with E-state index in [1.807, 2.05) is 12.1 Å². The van der Waals surface area contributed by atoms with Crippen molar-refractivity contribution in [3.63, 3.8) is 0 Å². The van der Waals surface area contributed by atoms with Gasteiger partial charge in [-0.3, -0.25) is 4.79 Å². The molecule has 0 bridgehead atoms. The molecule has 0 spiro atoms. The molecule has 1 fully saturated rings. The largest absolute Gasteiger partial charge is 0.393 e. The first-order valence-electron chi connectivity index (χ1n) is 7.16. The molecule has 6 nitrogen and oxygen atoms in total. The summed E-state index contributed by atoms with van der Waals surface area (Å²) in [5.74, 6) is -0.0680. The number of aliphatic hydroxyl groups excluding tert-OH is 1. The molecule has 1 aliphatic carbocycles. The van der Waals surface area contributed by atoms with Crippen LogP contribution < -0.4 is 5.32 Å². The Balaban J connectivity index is 1.62. The molecule has 1 heterocycles. The topological polar surface area (TPSA) is 80.0 Å². The first-order chi connectivity index (χ1) is 10.2. The van der Waals surface area contributed by atoms with Gasteiger partial charge in [0.05, 0.1) is 11.8 Å². The summed E-state index contributed by atoms with van der Waals surface area (Å²) in [5, 5.41) is 16.5. The molecule has 0 atom stereocenters. The molecule has 2 N–H and O–H groups in total. The van der Waals surface area contributed by atoms with Gasteiger partial charge < -0.3 is 10.4 Å².